The van der Waals surface area contributed by atoms with E-state index in [0.29, 0.717) is 6.61 Å². The number of hydrogen-bond donors (Lipinski definition) is 1. The molecule has 0 bridgehead atoms. The summed E-state index contributed by atoms with van der Waals surface area (Å²) in [6, 6.07) is 18.1. The number of nitrogens with two attached hydrogens (primary N) is 1. The Morgan fingerprint density at radius 2 is 1.90 bits per heavy atom. The lowest BCUT2D eigenvalue weighted by Gasteiger charge is -2.14. The first kappa shape index (κ1) is 14.4. The molecule has 0 fully saturated rings. The zero-order chi connectivity index (χ0) is 14.4. The lowest BCUT2D eigenvalue weighted by molar-refractivity contribution is 0.305. The van der Waals surface area contributed by atoms with Crippen molar-refractivity contribution >= 4 is 0 Å². The zero-order valence-corrected chi connectivity index (χ0v) is 11.9. The molecule has 0 heterocycles. The average Bonchev–Trinajstić information content (AvgIpc) is 2.46. The van der Waals surface area contributed by atoms with Crippen LogP contribution in [0.15, 0.2) is 66.7 Å². The Labute approximate surface area is 120 Å². The van der Waals surface area contributed by atoms with E-state index in [-0.39, 0.29) is 6.04 Å². The molecule has 0 unspecified atom stereocenters. The maximum Gasteiger partial charge on any atom is 0.120 e. The summed E-state index contributed by atoms with van der Waals surface area (Å²) in [6.07, 6.45) is 0.794. The molecule has 104 valence electrons. The van der Waals surface area contributed by atoms with Crippen LogP contribution < -0.4 is 10.5 Å². The van der Waals surface area contributed by atoms with Gasteiger partial charge in [0, 0.05) is 6.04 Å². The Bertz CT molecular complexity index is 563. The standard InChI is InChI=1S/C18H21NO/c1-14(2)11-18(19)16-9-6-10-17(12-16)20-13-15-7-4-3-5-8-15/h3-10,12,18H,1,11,13,19H2,2H3/t18-/m1/s1. The third kappa shape index (κ3) is 4.25. The molecule has 2 nitrogen and oxygen atoms in total. The predicted molar refractivity (Wildman–Crippen MR) is 83.6 cm³/mol. The molecule has 0 aliphatic carbocycles. The first-order valence-corrected chi connectivity index (χ1v) is 6.82. The smallest absolute Gasteiger partial charge is 0.120 e. The minimum atomic E-state index is -0.0206. The third-order valence-corrected chi connectivity index (χ3v) is 3.10. The van der Waals surface area contributed by atoms with Gasteiger partial charge in [-0.2, -0.15) is 0 Å². The quantitative estimate of drug-likeness (QED) is 0.795. The molecule has 0 aliphatic rings. The molecule has 0 saturated carbocycles. The Morgan fingerprint density at radius 1 is 1.15 bits per heavy atom. The largest absolute Gasteiger partial charge is 0.489 e. The molecule has 2 heteroatoms. The fourth-order valence-corrected chi connectivity index (χ4v) is 2.07. The van der Waals surface area contributed by atoms with Gasteiger partial charge in [0.15, 0.2) is 0 Å². The molecule has 2 N–H and O–H groups in total. The highest BCUT2D eigenvalue weighted by atomic mass is 16.5. The summed E-state index contributed by atoms with van der Waals surface area (Å²) in [6.45, 7) is 6.47. The van der Waals surface area contributed by atoms with E-state index in [1.807, 2.05) is 49.4 Å². The van der Waals surface area contributed by atoms with Gasteiger partial charge < -0.3 is 10.5 Å². The van der Waals surface area contributed by atoms with E-state index in [2.05, 4.69) is 18.7 Å². The fraction of sp³-hybridized carbons (Fsp3) is 0.222. The molecule has 2 aromatic carbocycles. The number of hydrogen-bond acceptors (Lipinski definition) is 2. The Morgan fingerprint density at radius 3 is 2.60 bits per heavy atom. The molecule has 0 radical (unpaired) electrons. The SMILES string of the molecule is C=C(C)C[C@@H](N)c1cccc(OCc2ccccc2)c1. The van der Waals surface area contributed by atoms with Gasteiger partial charge in [0.1, 0.15) is 12.4 Å². The lowest BCUT2D eigenvalue weighted by Crippen LogP contribution is -2.10. The number of rotatable bonds is 6. The van der Waals surface area contributed by atoms with Gasteiger partial charge in [-0.1, -0.05) is 48.0 Å². The summed E-state index contributed by atoms with van der Waals surface area (Å²) in [7, 11) is 0. The Hall–Kier alpha value is -2.06. The number of ether oxygens (including phenoxy) is 1. The van der Waals surface area contributed by atoms with Crippen molar-refractivity contribution in [3.8, 4) is 5.75 Å². The summed E-state index contributed by atoms with van der Waals surface area (Å²) in [5.41, 5.74) is 9.49. The first-order chi connectivity index (χ1) is 9.65. The van der Waals surface area contributed by atoms with Crippen LogP contribution in [0.2, 0.25) is 0 Å². The first-order valence-electron chi connectivity index (χ1n) is 6.82. The molecular weight excluding hydrogens is 246 g/mol. The normalized spacial score (nSPS) is 11.9. The highest BCUT2D eigenvalue weighted by Crippen LogP contribution is 2.22. The minimum Gasteiger partial charge on any atom is -0.489 e. The van der Waals surface area contributed by atoms with Gasteiger partial charge in [-0.05, 0) is 36.6 Å². The van der Waals surface area contributed by atoms with Crippen LogP contribution >= 0.6 is 0 Å². The number of benzene rings is 2. The summed E-state index contributed by atoms with van der Waals surface area (Å²) >= 11 is 0. The van der Waals surface area contributed by atoms with Crippen molar-refractivity contribution in [2.75, 3.05) is 0 Å². The molecule has 0 aliphatic heterocycles. The fourth-order valence-electron chi connectivity index (χ4n) is 2.07. The van der Waals surface area contributed by atoms with Crippen LogP contribution in [-0.2, 0) is 6.61 Å². The molecule has 0 aromatic heterocycles. The monoisotopic (exact) mass is 267 g/mol. The van der Waals surface area contributed by atoms with Crippen molar-refractivity contribution in [1.82, 2.24) is 0 Å². The second kappa shape index (κ2) is 6.92. The molecule has 0 amide bonds. The van der Waals surface area contributed by atoms with Gasteiger partial charge in [-0.15, -0.1) is 6.58 Å². The van der Waals surface area contributed by atoms with Crippen molar-refractivity contribution in [2.24, 2.45) is 5.73 Å². The third-order valence-electron chi connectivity index (χ3n) is 3.10. The predicted octanol–water partition coefficient (Wildman–Crippen LogP) is 4.23. The summed E-state index contributed by atoms with van der Waals surface area (Å²) in [5, 5.41) is 0. The van der Waals surface area contributed by atoms with Gasteiger partial charge >= 0.3 is 0 Å². The van der Waals surface area contributed by atoms with E-state index in [0.717, 1.165) is 28.9 Å². The maximum atomic E-state index is 6.16. The van der Waals surface area contributed by atoms with Crippen molar-refractivity contribution in [2.45, 2.75) is 26.0 Å². The van der Waals surface area contributed by atoms with E-state index in [4.69, 9.17) is 10.5 Å². The second-order valence-electron chi connectivity index (χ2n) is 5.11. The lowest BCUT2D eigenvalue weighted by atomic mass is 10.0. The molecule has 2 aromatic rings. The second-order valence-corrected chi connectivity index (χ2v) is 5.11. The van der Waals surface area contributed by atoms with Crippen molar-refractivity contribution < 1.29 is 4.74 Å². The van der Waals surface area contributed by atoms with Crippen LogP contribution in [0.3, 0.4) is 0 Å². The van der Waals surface area contributed by atoms with Gasteiger partial charge in [-0.25, -0.2) is 0 Å². The van der Waals surface area contributed by atoms with E-state index < -0.39 is 0 Å². The zero-order valence-electron chi connectivity index (χ0n) is 11.9. The van der Waals surface area contributed by atoms with Gasteiger partial charge in [-0.3, -0.25) is 0 Å². The van der Waals surface area contributed by atoms with E-state index in [9.17, 15) is 0 Å². The summed E-state index contributed by atoms with van der Waals surface area (Å²) < 4.78 is 5.81. The molecule has 1 atom stereocenters. The highest BCUT2D eigenvalue weighted by Gasteiger charge is 2.07. The van der Waals surface area contributed by atoms with Gasteiger partial charge in [0.05, 0.1) is 0 Å². The maximum absolute atomic E-state index is 6.16. The molecule has 20 heavy (non-hydrogen) atoms. The van der Waals surface area contributed by atoms with E-state index >= 15 is 0 Å². The average molecular weight is 267 g/mol. The van der Waals surface area contributed by atoms with Crippen LogP contribution in [0.4, 0.5) is 0 Å². The van der Waals surface area contributed by atoms with E-state index in [1.165, 1.54) is 0 Å². The van der Waals surface area contributed by atoms with Crippen LogP contribution in [0, 0.1) is 0 Å². The Balaban J connectivity index is 2.01. The molecule has 0 saturated heterocycles. The van der Waals surface area contributed by atoms with Crippen LogP contribution in [-0.4, -0.2) is 0 Å². The topological polar surface area (TPSA) is 35.2 Å². The van der Waals surface area contributed by atoms with E-state index in [1.54, 1.807) is 0 Å². The van der Waals surface area contributed by atoms with Gasteiger partial charge in [0.25, 0.3) is 0 Å². The molecular formula is C18H21NO. The highest BCUT2D eigenvalue weighted by molar-refractivity contribution is 5.31. The molecule has 2 rings (SSSR count). The van der Waals surface area contributed by atoms with Crippen molar-refractivity contribution in [3.63, 3.8) is 0 Å². The van der Waals surface area contributed by atoms with Crippen LogP contribution in [0.25, 0.3) is 0 Å². The minimum absolute atomic E-state index is 0.0206. The van der Waals surface area contributed by atoms with Crippen molar-refractivity contribution in [1.29, 1.82) is 0 Å². The summed E-state index contributed by atoms with van der Waals surface area (Å²) in [4.78, 5) is 0. The van der Waals surface area contributed by atoms with Crippen LogP contribution in [0.1, 0.15) is 30.5 Å². The van der Waals surface area contributed by atoms with Crippen molar-refractivity contribution in [3.05, 3.63) is 77.9 Å². The van der Waals surface area contributed by atoms with Gasteiger partial charge in [0.2, 0.25) is 0 Å². The molecule has 0 spiro atoms. The van der Waals surface area contributed by atoms with Crippen LogP contribution in [0.5, 0.6) is 5.75 Å². The Kier molecular flexibility index (Phi) is 4.97. The summed E-state index contributed by atoms with van der Waals surface area (Å²) in [5.74, 6) is 0.850.